The first kappa shape index (κ1) is 13.3. The van der Waals surface area contributed by atoms with Crippen molar-refractivity contribution in [2.24, 2.45) is 0 Å². The third-order valence-corrected chi connectivity index (χ3v) is 2.05. The number of Topliss-reactive ketones (excluding diaryl/α,β-unsaturated/α-hetero) is 1. The maximum atomic E-state index is 11.3. The summed E-state index contributed by atoms with van der Waals surface area (Å²) in [6.45, 7) is 1.30. The molecule has 1 rings (SSSR count). The van der Waals surface area contributed by atoms with E-state index in [2.05, 4.69) is 9.50 Å². The van der Waals surface area contributed by atoms with Gasteiger partial charge in [0.15, 0.2) is 5.75 Å². The van der Waals surface area contributed by atoms with Crippen LogP contribution in [-0.2, 0) is 21.0 Å². The third kappa shape index (κ3) is 4.75. The summed E-state index contributed by atoms with van der Waals surface area (Å²) in [5.41, 5.74) is 0.237. The van der Waals surface area contributed by atoms with Crippen LogP contribution in [0.4, 0.5) is 5.69 Å². The van der Waals surface area contributed by atoms with Gasteiger partial charge in [-0.3, -0.25) is 14.1 Å². The van der Waals surface area contributed by atoms with E-state index < -0.39 is 17.3 Å². The summed E-state index contributed by atoms with van der Waals surface area (Å²) in [4.78, 5) is 22.1. The van der Waals surface area contributed by atoms with Crippen molar-refractivity contribution in [1.82, 2.24) is 0 Å². The maximum Gasteiger partial charge on any atom is 0.357 e. The van der Waals surface area contributed by atoms with Gasteiger partial charge in [-0.25, -0.2) is 0 Å². The average Bonchev–Trinajstić information content (AvgIpc) is 2.18. The van der Waals surface area contributed by atoms with Crippen molar-refractivity contribution in [3.8, 4) is 5.75 Å². The van der Waals surface area contributed by atoms with Gasteiger partial charge >= 0.3 is 11.4 Å². The van der Waals surface area contributed by atoms with Gasteiger partial charge in [-0.1, -0.05) is 12.1 Å². The molecule has 0 aliphatic carbocycles. The summed E-state index contributed by atoms with van der Waals surface area (Å²) in [5, 5.41) is 2.42. The van der Waals surface area contributed by atoms with Gasteiger partial charge in [0.1, 0.15) is 5.78 Å². The molecule has 1 aromatic rings. The van der Waals surface area contributed by atoms with E-state index >= 15 is 0 Å². The minimum atomic E-state index is -2.47. The topological polar surface area (TPSA) is 92.7 Å². The SMILES string of the molecule is CC(=O)CC(=O)Nc1ccccc1OS(=O)O. The van der Waals surface area contributed by atoms with E-state index in [1.165, 1.54) is 19.1 Å². The van der Waals surface area contributed by atoms with Crippen molar-refractivity contribution in [1.29, 1.82) is 0 Å². The molecule has 2 N–H and O–H groups in total. The Balaban J connectivity index is 2.79. The lowest BCUT2D eigenvalue weighted by molar-refractivity contribution is -0.124. The zero-order valence-corrected chi connectivity index (χ0v) is 9.82. The van der Waals surface area contributed by atoms with Crippen molar-refractivity contribution < 1.29 is 22.5 Å². The number of amides is 1. The number of benzene rings is 1. The fourth-order valence-electron chi connectivity index (χ4n) is 1.14. The van der Waals surface area contributed by atoms with Crippen molar-refractivity contribution >= 4 is 28.7 Å². The molecular formula is C10H11NO5S. The fourth-order valence-corrected chi connectivity index (χ4v) is 1.44. The predicted octanol–water partition coefficient (Wildman–Crippen LogP) is 1.12. The molecule has 6 nitrogen and oxygen atoms in total. The maximum absolute atomic E-state index is 11.3. The minimum absolute atomic E-state index is 0.0604. The normalized spacial score (nSPS) is 11.6. The number of para-hydroxylation sites is 2. The van der Waals surface area contributed by atoms with Crippen LogP contribution in [0.3, 0.4) is 0 Å². The summed E-state index contributed by atoms with van der Waals surface area (Å²) in [6, 6.07) is 6.14. The fraction of sp³-hybridized carbons (Fsp3) is 0.200. The summed E-state index contributed by atoms with van der Waals surface area (Å²) in [5.74, 6) is -0.714. The van der Waals surface area contributed by atoms with Gasteiger partial charge in [0.25, 0.3) is 0 Å². The number of hydrogen-bond acceptors (Lipinski definition) is 4. The van der Waals surface area contributed by atoms with Crippen molar-refractivity contribution in [3.05, 3.63) is 24.3 Å². The highest BCUT2D eigenvalue weighted by molar-refractivity contribution is 7.74. The second kappa shape index (κ2) is 6.12. The highest BCUT2D eigenvalue weighted by Crippen LogP contribution is 2.24. The van der Waals surface area contributed by atoms with Gasteiger partial charge in [-0.05, 0) is 19.1 Å². The summed E-state index contributed by atoms with van der Waals surface area (Å²) < 4.78 is 23.7. The van der Waals surface area contributed by atoms with E-state index in [9.17, 15) is 13.8 Å². The van der Waals surface area contributed by atoms with Gasteiger partial charge < -0.3 is 9.50 Å². The van der Waals surface area contributed by atoms with Gasteiger partial charge in [0.05, 0.1) is 12.1 Å². The van der Waals surface area contributed by atoms with Crippen molar-refractivity contribution in [2.45, 2.75) is 13.3 Å². The molecule has 1 atom stereocenters. The van der Waals surface area contributed by atoms with Crippen molar-refractivity contribution in [2.75, 3.05) is 5.32 Å². The van der Waals surface area contributed by atoms with Crippen molar-refractivity contribution in [3.63, 3.8) is 0 Å². The smallest absolute Gasteiger partial charge is 0.357 e. The lowest BCUT2D eigenvalue weighted by Crippen LogP contribution is -2.15. The first-order valence-electron chi connectivity index (χ1n) is 4.66. The molecule has 1 aromatic carbocycles. The molecule has 0 fully saturated rings. The first-order chi connectivity index (χ1) is 7.99. The Hall–Kier alpha value is -1.73. The highest BCUT2D eigenvalue weighted by atomic mass is 32.2. The molecule has 0 saturated carbocycles. The van der Waals surface area contributed by atoms with Gasteiger partial charge in [0, 0.05) is 0 Å². The van der Waals surface area contributed by atoms with E-state index in [0.717, 1.165) is 0 Å². The number of carbonyl (C=O) groups is 2. The Morgan fingerprint density at radius 3 is 2.65 bits per heavy atom. The monoisotopic (exact) mass is 257 g/mol. The second-order valence-corrected chi connectivity index (χ2v) is 3.82. The number of ketones is 1. The number of carbonyl (C=O) groups excluding carboxylic acids is 2. The molecule has 0 aromatic heterocycles. The van der Waals surface area contributed by atoms with Crippen LogP contribution >= 0.6 is 0 Å². The minimum Gasteiger partial charge on any atom is -0.378 e. The number of anilines is 1. The Bertz CT molecular complexity index is 460. The van der Waals surface area contributed by atoms with Crippen LogP contribution in [0, 0.1) is 0 Å². The zero-order chi connectivity index (χ0) is 12.8. The molecule has 0 aliphatic rings. The Morgan fingerprint density at radius 2 is 2.06 bits per heavy atom. The van der Waals surface area contributed by atoms with E-state index in [0.29, 0.717) is 0 Å². The molecule has 17 heavy (non-hydrogen) atoms. The Morgan fingerprint density at radius 1 is 1.41 bits per heavy atom. The largest absolute Gasteiger partial charge is 0.378 e. The predicted molar refractivity (Wildman–Crippen MR) is 61.8 cm³/mol. The molecule has 1 amide bonds. The van der Waals surface area contributed by atoms with Crippen LogP contribution in [0.15, 0.2) is 24.3 Å². The van der Waals surface area contributed by atoms with E-state index in [4.69, 9.17) is 4.55 Å². The summed E-state index contributed by atoms with van der Waals surface area (Å²) in [6.07, 6.45) is -0.253. The lowest BCUT2D eigenvalue weighted by atomic mass is 10.2. The van der Waals surface area contributed by atoms with Crippen LogP contribution in [0.5, 0.6) is 5.75 Å². The zero-order valence-electron chi connectivity index (χ0n) is 9.00. The second-order valence-electron chi connectivity index (χ2n) is 3.22. The molecule has 92 valence electrons. The third-order valence-electron chi connectivity index (χ3n) is 1.73. The van der Waals surface area contributed by atoms with E-state index in [1.54, 1.807) is 12.1 Å². The van der Waals surface area contributed by atoms with Crippen LogP contribution in [-0.4, -0.2) is 20.5 Å². The molecule has 0 saturated heterocycles. The van der Waals surface area contributed by atoms with E-state index in [-0.39, 0.29) is 23.6 Å². The highest BCUT2D eigenvalue weighted by Gasteiger charge is 2.10. The first-order valence-corrected chi connectivity index (χ1v) is 5.69. The van der Waals surface area contributed by atoms with Crippen LogP contribution < -0.4 is 9.50 Å². The van der Waals surface area contributed by atoms with Gasteiger partial charge in [-0.2, -0.15) is 4.21 Å². The molecule has 0 aliphatic heterocycles. The summed E-state index contributed by atoms with van der Waals surface area (Å²) in [7, 11) is 0. The molecule has 0 bridgehead atoms. The number of hydrogen-bond donors (Lipinski definition) is 2. The standard InChI is InChI=1S/C10H11NO5S/c1-7(12)6-10(13)11-8-4-2-3-5-9(8)16-17(14)15/h2-5H,6H2,1H3,(H,11,13)(H,14,15). The summed E-state index contributed by atoms with van der Waals surface area (Å²) >= 11 is -2.47. The molecule has 7 heteroatoms. The molecule has 0 radical (unpaired) electrons. The van der Waals surface area contributed by atoms with Gasteiger partial charge in [-0.15, -0.1) is 0 Å². The number of rotatable bonds is 5. The average molecular weight is 257 g/mol. The Kier molecular flexibility index (Phi) is 4.80. The quantitative estimate of drug-likeness (QED) is 0.609. The molecule has 0 spiro atoms. The van der Waals surface area contributed by atoms with Crippen LogP contribution in [0.25, 0.3) is 0 Å². The van der Waals surface area contributed by atoms with E-state index in [1.807, 2.05) is 0 Å². The molecule has 0 heterocycles. The Labute approximate surface area is 100 Å². The molecular weight excluding hydrogens is 246 g/mol. The van der Waals surface area contributed by atoms with Crippen LogP contribution in [0.2, 0.25) is 0 Å². The lowest BCUT2D eigenvalue weighted by Gasteiger charge is -2.08. The number of nitrogens with one attached hydrogen (secondary N) is 1. The molecule has 1 unspecified atom stereocenters. The van der Waals surface area contributed by atoms with Gasteiger partial charge in [0.2, 0.25) is 5.91 Å². The van der Waals surface area contributed by atoms with Crippen LogP contribution in [0.1, 0.15) is 13.3 Å².